The van der Waals surface area contributed by atoms with Crippen LogP contribution in [0.25, 0.3) is 21.3 Å². The lowest BCUT2D eigenvalue weighted by molar-refractivity contribution is -0.141. The van der Waals surface area contributed by atoms with Gasteiger partial charge < -0.3 is 5.11 Å². The van der Waals surface area contributed by atoms with Crippen LogP contribution >= 0.6 is 11.3 Å². The van der Waals surface area contributed by atoms with Gasteiger partial charge in [0.1, 0.15) is 10.9 Å². The van der Waals surface area contributed by atoms with Crippen molar-refractivity contribution in [3.05, 3.63) is 51.9 Å². The van der Waals surface area contributed by atoms with Crippen molar-refractivity contribution in [2.45, 2.75) is 26.3 Å². The van der Waals surface area contributed by atoms with Gasteiger partial charge in [-0.25, -0.2) is 9.78 Å². The predicted octanol–water partition coefficient (Wildman–Crippen LogP) is 3.47. The summed E-state index contributed by atoms with van der Waals surface area (Å²) in [5.41, 5.74) is 2.57. The Bertz CT molecular complexity index is 925. The molecule has 0 aliphatic rings. The minimum Gasteiger partial charge on any atom is -0.480 e. The van der Waals surface area contributed by atoms with Gasteiger partial charge in [0.2, 0.25) is 0 Å². The molecule has 5 nitrogen and oxygen atoms in total. The number of rotatable bonds is 4. The minimum absolute atomic E-state index is 0.305. The van der Waals surface area contributed by atoms with Gasteiger partial charge in [0.25, 0.3) is 5.56 Å². The molecule has 0 amide bonds. The summed E-state index contributed by atoms with van der Waals surface area (Å²) >= 11 is 1.39. The minimum atomic E-state index is -1.03. The summed E-state index contributed by atoms with van der Waals surface area (Å²) in [6, 6.07) is 6.99. The number of hydrogen-bond acceptors (Lipinski definition) is 4. The van der Waals surface area contributed by atoms with E-state index in [-0.39, 0.29) is 5.56 Å². The third kappa shape index (κ3) is 2.66. The van der Waals surface area contributed by atoms with E-state index in [1.54, 1.807) is 6.92 Å². The second kappa shape index (κ2) is 5.96. The van der Waals surface area contributed by atoms with Crippen LogP contribution in [0.15, 0.2) is 40.8 Å². The van der Waals surface area contributed by atoms with Gasteiger partial charge in [-0.15, -0.1) is 11.3 Å². The highest BCUT2D eigenvalue weighted by atomic mass is 32.1. The maximum atomic E-state index is 12.8. The number of carboxylic acid groups (broad SMARTS) is 1. The molecule has 6 heteroatoms. The third-order valence-corrected chi connectivity index (χ3v) is 4.78. The first-order chi connectivity index (χ1) is 11.0. The predicted molar refractivity (Wildman–Crippen MR) is 91.0 cm³/mol. The Kier molecular flexibility index (Phi) is 4.00. The molecule has 118 valence electrons. The van der Waals surface area contributed by atoms with Crippen molar-refractivity contribution in [1.29, 1.82) is 0 Å². The number of carboxylic acids is 1. The Balaban J connectivity index is 2.24. The number of fused-ring (bicyclic) bond motifs is 1. The summed E-state index contributed by atoms with van der Waals surface area (Å²) in [4.78, 5) is 29.1. The highest BCUT2D eigenvalue weighted by molar-refractivity contribution is 7.17. The van der Waals surface area contributed by atoms with Crippen LogP contribution in [0.5, 0.6) is 0 Å². The summed E-state index contributed by atoms with van der Waals surface area (Å²) in [5.74, 6) is -1.03. The summed E-state index contributed by atoms with van der Waals surface area (Å²) in [7, 11) is 0. The van der Waals surface area contributed by atoms with Gasteiger partial charge in [0.15, 0.2) is 0 Å². The van der Waals surface area contributed by atoms with Gasteiger partial charge in [0.05, 0.1) is 11.7 Å². The first-order valence-corrected chi connectivity index (χ1v) is 8.19. The van der Waals surface area contributed by atoms with E-state index in [1.807, 2.05) is 36.6 Å². The van der Waals surface area contributed by atoms with Crippen molar-refractivity contribution in [3.8, 4) is 11.1 Å². The molecule has 3 aromatic rings. The zero-order chi connectivity index (χ0) is 16.6. The quantitative estimate of drug-likeness (QED) is 0.796. The van der Waals surface area contributed by atoms with Gasteiger partial charge in [-0.3, -0.25) is 9.36 Å². The number of benzene rings is 1. The number of hydrogen-bond donors (Lipinski definition) is 1. The van der Waals surface area contributed by atoms with Crippen LogP contribution in [0, 0.1) is 6.92 Å². The lowest BCUT2D eigenvalue weighted by Gasteiger charge is -2.13. The molecule has 0 bridgehead atoms. The van der Waals surface area contributed by atoms with Crippen molar-refractivity contribution in [2.75, 3.05) is 0 Å². The van der Waals surface area contributed by atoms with Crippen LogP contribution in [0.2, 0.25) is 0 Å². The number of thiophene rings is 1. The third-order valence-electron chi connectivity index (χ3n) is 3.89. The average molecular weight is 328 g/mol. The van der Waals surface area contributed by atoms with E-state index >= 15 is 0 Å². The summed E-state index contributed by atoms with van der Waals surface area (Å²) in [6.07, 6.45) is 1.66. The highest BCUT2D eigenvalue weighted by Crippen LogP contribution is 2.31. The van der Waals surface area contributed by atoms with E-state index in [2.05, 4.69) is 4.98 Å². The van der Waals surface area contributed by atoms with E-state index in [9.17, 15) is 14.7 Å². The van der Waals surface area contributed by atoms with E-state index in [0.717, 1.165) is 16.7 Å². The van der Waals surface area contributed by atoms with Crippen LogP contribution in [0.1, 0.15) is 24.9 Å². The molecular formula is C17H16N2O3S. The molecule has 1 aromatic carbocycles. The standard InChI is InChI=1S/C17H16N2O3S/c1-3-13(17(21)22)19-9-18-15-14(16(19)20)12(8-23-15)11-6-4-10(2)5-7-11/h4-9,13H,3H2,1-2H3,(H,21,22). The van der Waals surface area contributed by atoms with Crippen molar-refractivity contribution in [2.24, 2.45) is 0 Å². The SMILES string of the molecule is CCC(C(=O)O)n1cnc2scc(-c3ccc(C)cc3)c2c1=O. The van der Waals surface area contributed by atoms with Crippen LogP contribution in [-0.4, -0.2) is 20.6 Å². The van der Waals surface area contributed by atoms with Crippen LogP contribution < -0.4 is 5.56 Å². The molecular weight excluding hydrogens is 312 g/mol. The molecule has 3 rings (SSSR count). The Morgan fingerprint density at radius 1 is 1.35 bits per heavy atom. The highest BCUT2D eigenvalue weighted by Gasteiger charge is 2.21. The number of aromatic nitrogens is 2. The summed E-state index contributed by atoms with van der Waals surface area (Å²) in [5, 5.41) is 11.7. The Hall–Kier alpha value is -2.47. The molecule has 0 radical (unpaired) electrons. The lowest BCUT2D eigenvalue weighted by Crippen LogP contribution is -2.29. The first-order valence-electron chi connectivity index (χ1n) is 7.31. The normalized spacial score (nSPS) is 12.4. The van der Waals surface area contributed by atoms with Gasteiger partial charge in [-0.1, -0.05) is 36.8 Å². The monoisotopic (exact) mass is 328 g/mol. The molecule has 0 aliphatic carbocycles. The van der Waals surface area contributed by atoms with E-state index in [0.29, 0.717) is 16.6 Å². The van der Waals surface area contributed by atoms with E-state index in [4.69, 9.17) is 0 Å². The Labute approximate surface area is 136 Å². The van der Waals surface area contributed by atoms with Crippen molar-refractivity contribution < 1.29 is 9.90 Å². The number of aryl methyl sites for hydroxylation is 1. The first kappa shape index (κ1) is 15.4. The molecule has 0 fully saturated rings. The number of aliphatic carboxylic acids is 1. The number of carbonyl (C=O) groups is 1. The molecule has 0 saturated heterocycles. The largest absolute Gasteiger partial charge is 0.480 e. The zero-order valence-corrected chi connectivity index (χ0v) is 13.6. The Morgan fingerprint density at radius 3 is 2.65 bits per heavy atom. The van der Waals surface area contributed by atoms with Gasteiger partial charge in [0, 0.05) is 10.9 Å². The topological polar surface area (TPSA) is 72.2 Å². The fourth-order valence-electron chi connectivity index (χ4n) is 2.60. The van der Waals surface area contributed by atoms with Crippen molar-refractivity contribution in [1.82, 2.24) is 9.55 Å². The molecule has 0 aliphatic heterocycles. The van der Waals surface area contributed by atoms with Crippen LogP contribution in [0.3, 0.4) is 0 Å². The molecule has 1 atom stereocenters. The molecule has 23 heavy (non-hydrogen) atoms. The fourth-order valence-corrected chi connectivity index (χ4v) is 3.51. The molecule has 1 N–H and O–H groups in total. The van der Waals surface area contributed by atoms with Gasteiger partial charge in [-0.2, -0.15) is 0 Å². The molecule has 2 heterocycles. The maximum Gasteiger partial charge on any atom is 0.326 e. The Morgan fingerprint density at radius 2 is 2.04 bits per heavy atom. The van der Waals surface area contributed by atoms with Gasteiger partial charge >= 0.3 is 5.97 Å². The fraction of sp³-hybridized carbons (Fsp3) is 0.235. The van der Waals surface area contributed by atoms with E-state index in [1.165, 1.54) is 22.2 Å². The summed E-state index contributed by atoms with van der Waals surface area (Å²) in [6.45, 7) is 3.74. The van der Waals surface area contributed by atoms with Crippen molar-refractivity contribution >= 4 is 27.5 Å². The summed E-state index contributed by atoms with van der Waals surface area (Å²) < 4.78 is 1.22. The van der Waals surface area contributed by atoms with E-state index < -0.39 is 12.0 Å². The lowest BCUT2D eigenvalue weighted by atomic mass is 10.0. The van der Waals surface area contributed by atoms with Gasteiger partial charge in [-0.05, 0) is 18.9 Å². The second-order valence-electron chi connectivity index (χ2n) is 5.41. The average Bonchev–Trinajstić information content (AvgIpc) is 2.95. The molecule has 0 saturated carbocycles. The smallest absolute Gasteiger partial charge is 0.326 e. The van der Waals surface area contributed by atoms with Crippen LogP contribution in [0.4, 0.5) is 0 Å². The van der Waals surface area contributed by atoms with Crippen molar-refractivity contribution in [3.63, 3.8) is 0 Å². The molecule has 1 unspecified atom stereocenters. The number of nitrogens with zero attached hydrogens (tertiary/aromatic N) is 2. The zero-order valence-electron chi connectivity index (χ0n) is 12.8. The molecule has 2 aromatic heterocycles. The second-order valence-corrected chi connectivity index (χ2v) is 6.27. The molecule has 0 spiro atoms. The maximum absolute atomic E-state index is 12.8. The van der Waals surface area contributed by atoms with Crippen LogP contribution in [-0.2, 0) is 4.79 Å².